The van der Waals surface area contributed by atoms with Crippen LogP contribution < -0.4 is 5.73 Å². The van der Waals surface area contributed by atoms with E-state index in [1.54, 1.807) is 0 Å². The third-order valence-corrected chi connectivity index (χ3v) is 1.04. The van der Waals surface area contributed by atoms with E-state index in [0.717, 1.165) is 0 Å². The second-order valence-electron chi connectivity index (χ2n) is 2.57. The number of halogens is 2. The predicted molar refractivity (Wildman–Crippen MR) is 49.6 cm³/mol. The quantitative estimate of drug-likeness (QED) is 0.727. The highest BCUT2D eigenvalue weighted by Gasteiger charge is 2.11. The monoisotopic (exact) mass is 203 g/mol. The molecule has 0 rings (SSSR count). The van der Waals surface area contributed by atoms with Crippen LogP contribution in [0.25, 0.3) is 0 Å². The molecule has 0 aliphatic rings. The highest BCUT2D eigenvalue weighted by atomic mass is 35.5. The summed E-state index contributed by atoms with van der Waals surface area (Å²) in [6, 6.07) is -0.690. The van der Waals surface area contributed by atoms with E-state index in [-0.39, 0.29) is 24.8 Å². The summed E-state index contributed by atoms with van der Waals surface area (Å²) in [5.74, 6) is -0.556. The third-order valence-electron chi connectivity index (χ3n) is 1.04. The van der Waals surface area contributed by atoms with Crippen molar-refractivity contribution in [2.45, 2.75) is 26.3 Å². The molecule has 3 nitrogen and oxygen atoms in total. The Kier molecular flexibility index (Phi) is 12.7. The Morgan fingerprint density at radius 1 is 1.45 bits per heavy atom. The van der Waals surface area contributed by atoms with Crippen LogP contribution in [0.1, 0.15) is 20.3 Å². The summed E-state index contributed by atoms with van der Waals surface area (Å²) in [5.41, 5.74) is 5.22. The molecule has 0 aromatic carbocycles. The Morgan fingerprint density at radius 3 is 1.91 bits per heavy atom. The van der Waals surface area contributed by atoms with E-state index < -0.39 is 12.0 Å². The van der Waals surface area contributed by atoms with Crippen LogP contribution in [0.5, 0.6) is 0 Å². The maximum Gasteiger partial charge on any atom is 0.320 e. The van der Waals surface area contributed by atoms with Crippen LogP contribution in [0.4, 0.5) is 0 Å². The van der Waals surface area contributed by atoms with Gasteiger partial charge in [-0.1, -0.05) is 13.8 Å². The van der Waals surface area contributed by atoms with Gasteiger partial charge in [0.1, 0.15) is 6.04 Å². The van der Waals surface area contributed by atoms with Crippen LogP contribution in [-0.2, 0) is 4.79 Å². The number of rotatable bonds is 3. The molecule has 0 aromatic heterocycles. The number of hydrogen-bond acceptors (Lipinski definition) is 2. The van der Waals surface area contributed by atoms with Crippen molar-refractivity contribution in [3.63, 3.8) is 0 Å². The maximum absolute atomic E-state index is 10.1. The van der Waals surface area contributed by atoms with Crippen molar-refractivity contribution >= 4 is 30.8 Å². The molecular formula is C6H15Cl2NO2. The fraction of sp³-hybridized carbons (Fsp3) is 0.833. The fourth-order valence-electron chi connectivity index (χ4n) is 0.609. The van der Waals surface area contributed by atoms with E-state index in [9.17, 15) is 4.79 Å². The van der Waals surface area contributed by atoms with Gasteiger partial charge in [-0.15, -0.1) is 24.8 Å². The SMILES string of the molecule is CC(C)C[C@@H](N)C(=O)O.Cl.Cl. The summed E-state index contributed by atoms with van der Waals surface area (Å²) in [7, 11) is 0. The Balaban J connectivity index is -0.000000320. The maximum atomic E-state index is 10.1. The molecular weight excluding hydrogens is 189 g/mol. The van der Waals surface area contributed by atoms with Crippen molar-refractivity contribution in [3.05, 3.63) is 0 Å². The van der Waals surface area contributed by atoms with Gasteiger partial charge in [0.15, 0.2) is 0 Å². The van der Waals surface area contributed by atoms with Gasteiger partial charge >= 0.3 is 5.97 Å². The average Bonchev–Trinajstić information content (AvgIpc) is 1.63. The second-order valence-corrected chi connectivity index (χ2v) is 2.57. The zero-order valence-electron chi connectivity index (χ0n) is 6.61. The molecule has 0 bridgehead atoms. The van der Waals surface area contributed by atoms with E-state index in [0.29, 0.717) is 12.3 Å². The van der Waals surface area contributed by atoms with Crippen molar-refractivity contribution in [3.8, 4) is 0 Å². The number of carboxylic acid groups (broad SMARTS) is 1. The number of carbonyl (C=O) groups is 1. The molecule has 0 amide bonds. The van der Waals surface area contributed by atoms with E-state index in [1.165, 1.54) is 0 Å². The number of hydrogen-bond donors (Lipinski definition) is 2. The first-order valence-corrected chi connectivity index (χ1v) is 3.02. The first kappa shape index (κ1) is 17.2. The van der Waals surface area contributed by atoms with Crippen molar-refractivity contribution in [1.82, 2.24) is 0 Å². The molecule has 0 saturated heterocycles. The van der Waals surface area contributed by atoms with E-state index in [2.05, 4.69) is 0 Å². The Hall–Kier alpha value is 0.01000. The van der Waals surface area contributed by atoms with Crippen LogP contribution in [0.15, 0.2) is 0 Å². The van der Waals surface area contributed by atoms with Crippen molar-refractivity contribution < 1.29 is 9.90 Å². The smallest absolute Gasteiger partial charge is 0.320 e. The Bertz CT molecular complexity index is 109. The molecule has 0 aliphatic carbocycles. The minimum absolute atomic E-state index is 0. The molecule has 11 heavy (non-hydrogen) atoms. The molecule has 0 spiro atoms. The lowest BCUT2D eigenvalue weighted by Gasteiger charge is -2.07. The highest BCUT2D eigenvalue weighted by molar-refractivity contribution is 5.85. The van der Waals surface area contributed by atoms with Gasteiger partial charge in [0, 0.05) is 0 Å². The van der Waals surface area contributed by atoms with Gasteiger partial charge in [-0.25, -0.2) is 0 Å². The lowest BCUT2D eigenvalue weighted by Crippen LogP contribution is -2.31. The van der Waals surface area contributed by atoms with Gasteiger partial charge in [-0.3, -0.25) is 4.79 Å². The molecule has 0 heterocycles. The van der Waals surface area contributed by atoms with E-state index >= 15 is 0 Å². The molecule has 70 valence electrons. The topological polar surface area (TPSA) is 63.3 Å². The van der Waals surface area contributed by atoms with Gasteiger partial charge in [0.05, 0.1) is 0 Å². The van der Waals surface area contributed by atoms with Crippen molar-refractivity contribution in [2.24, 2.45) is 11.7 Å². The zero-order chi connectivity index (χ0) is 7.44. The number of carboxylic acids is 1. The van der Waals surface area contributed by atoms with Crippen LogP contribution >= 0.6 is 24.8 Å². The third kappa shape index (κ3) is 10.0. The Labute approximate surface area is 79.2 Å². The molecule has 3 N–H and O–H groups in total. The van der Waals surface area contributed by atoms with Gasteiger partial charge in [0.2, 0.25) is 0 Å². The van der Waals surface area contributed by atoms with Gasteiger partial charge in [-0.2, -0.15) is 0 Å². The molecule has 1 atom stereocenters. The second kappa shape index (κ2) is 8.11. The van der Waals surface area contributed by atoms with Crippen LogP contribution in [-0.4, -0.2) is 17.1 Å². The number of nitrogens with two attached hydrogens (primary N) is 1. The molecule has 0 saturated carbocycles. The summed E-state index contributed by atoms with van der Waals surface area (Å²) >= 11 is 0. The standard InChI is InChI=1S/C6H13NO2.2ClH/c1-4(2)3-5(7)6(8)9;;/h4-5H,3,7H2,1-2H3,(H,8,9);2*1H/t5-;;/m1../s1. The van der Waals surface area contributed by atoms with Gasteiger partial charge in [-0.05, 0) is 12.3 Å². The molecule has 0 radical (unpaired) electrons. The molecule has 5 heteroatoms. The van der Waals surface area contributed by atoms with Crippen LogP contribution in [0.2, 0.25) is 0 Å². The van der Waals surface area contributed by atoms with E-state index in [1.807, 2.05) is 13.8 Å². The van der Waals surface area contributed by atoms with Gasteiger partial charge in [0.25, 0.3) is 0 Å². The predicted octanol–water partition coefficient (Wildman–Crippen LogP) is 1.29. The largest absolute Gasteiger partial charge is 0.480 e. The summed E-state index contributed by atoms with van der Waals surface area (Å²) in [6.07, 6.45) is 0.551. The van der Waals surface area contributed by atoms with Crippen LogP contribution in [0, 0.1) is 5.92 Å². The van der Waals surface area contributed by atoms with E-state index in [4.69, 9.17) is 10.8 Å². The lowest BCUT2D eigenvalue weighted by molar-refractivity contribution is -0.138. The van der Waals surface area contributed by atoms with Crippen LogP contribution in [0.3, 0.4) is 0 Å². The summed E-state index contributed by atoms with van der Waals surface area (Å²) in [6.45, 7) is 3.89. The summed E-state index contributed by atoms with van der Waals surface area (Å²) in [5, 5.41) is 8.31. The normalized spacial score (nSPS) is 11.3. The molecule has 0 fully saturated rings. The minimum atomic E-state index is -0.913. The molecule has 0 aromatic rings. The van der Waals surface area contributed by atoms with Crippen molar-refractivity contribution in [1.29, 1.82) is 0 Å². The zero-order valence-corrected chi connectivity index (χ0v) is 8.24. The van der Waals surface area contributed by atoms with Gasteiger partial charge < -0.3 is 10.8 Å². The van der Waals surface area contributed by atoms with Crippen molar-refractivity contribution in [2.75, 3.05) is 0 Å². The number of aliphatic carboxylic acids is 1. The molecule has 0 aliphatic heterocycles. The lowest BCUT2D eigenvalue weighted by atomic mass is 10.1. The summed E-state index contributed by atoms with van der Waals surface area (Å²) < 4.78 is 0. The molecule has 0 unspecified atom stereocenters. The first-order valence-electron chi connectivity index (χ1n) is 3.02. The summed E-state index contributed by atoms with van der Waals surface area (Å²) in [4.78, 5) is 10.1. The Morgan fingerprint density at radius 2 is 1.82 bits per heavy atom. The first-order chi connectivity index (χ1) is 4.04. The minimum Gasteiger partial charge on any atom is -0.480 e. The highest BCUT2D eigenvalue weighted by Crippen LogP contribution is 2.01. The fourth-order valence-corrected chi connectivity index (χ4v) is 0.609. The average molecular weight is 204 g/mol.